The topological polar surface area (TPSA) is 140 Å². The van der Waals surface area contributed by atoms with Crippen LogP contribution in [0.4, 0.5) is 5.69 Å². The normalized spacial score (nSPS) is 10.8. The molecule has 9 nitrogen and oxygen atoms in total. The molecule has 1 aromatic heterocycles. The summed E-state index contributed by atoms with van der Waals surface area (Å²) in [6, 6.07) is 19.9. The maximum absolute atomic E-state index is 12.4. The van der Waals surface area contributed by atoms with E-state index in [1.807, 2.05) is 30.3 Å². The lowest BCUT2D eigenvalue weighted by molar-refractivity contribution is 0.0692. The lowest BCUT2D eigenvalue weighted by Crippen LogP contribution is -2.27. The van der Waals surface area contributed by atoms with Crippen molar-refractivity contribution in [3.63, 3.8) is 0 Å². The number of aromatic amines is 1. The summed E-state index contributed by atoms with van der Waals surface area (Å²) in [7, 11) is 3.10. The molecule has 9 heteroatoms. The van der Waals surface area contributed by atoms with Gasteiger partial charge in [-0.15, -0.1) is 0 Å². The van der Waals surface area contributed by atoms with Crippen molar-refractivity contribution in [1.29, 1.82) is 0 Å². The van der Waals surface area contributed by atoms with E-state index < -0.39 is 5.97 Å². The Balaban J connectivity index is 0.000000249. The predicted octanol–water partition coefficient (Wildman–Crippen LogP) is 4.45. The van der Waals surface area contributed by atoms with Crippen molar-refractivity contribution in [3.8, 4) is 11.5 Å². The predicted molar refractivity (Wildman–Crippen MR) is 139 cm³/mol. The van der Waals surface area contributed by atoms with E-state index in [2.05, 4.69) is 29.4 Å². The van der Waals surface area contributed by atoms with Crippen LogP contribution >= 0.6 is 0 Å². The molecule has 1 amide bonds. The molecule has 0 saturated carbocycles. The lowest BCUT2D eigenvalue weighted by Gasteiger charge is -2.23. The number of anilines is 1. The number of rotatable bonds is 7. The molecule has 0 bridgehead atoms. The minimum atomic E-state index is -1.01. The molecule has 0 aliphatic carbocycles. The van der Waals surface area contributed by atoms with E-state index in [9.17, 15) is 9.59 Å². The number of aromatic carboxylic acids is 1. The Morgan fingerprint density at radius 1 is 1.00 bits per heavy atom. The Kier molecular flexibility index (Phi) is 8.29. The Hall–Kier alpha value is -4.37. The number of ether oxygens (including phenoxy) is 2. The van der Waals surface area contributed by atoms with Crippen LogP contribution in [0, 0.1) is 0 Å². The highest BCUT2D eigenvalue weighted by molar-refractivity contribution is 6.04. The van der Waals surface area contributed by atoms with E-state index in [0.29, 0.717) is 29.0 Å². The summed E-state index contributed by atoms with van der Waals surface area (Å²) in [4.78, 5) is 23.0. The molecule has 0 aliphatic rings. The molecule has 4 rings (SSSR count). The minimum Gasteiger partial charge on any atom is -0.493 e. The van der Waals surface area contributed by atoms with Gasteiger partial charge in [0, 0.05) is 28.6 Å². The zero-order valence-corrected chi connectivity index (χ0v) is 20.7. The van der Waals surface area contributed by atoms with Crippen LogP contribution in [0.15, 0.2) is 66.7 Å². The van der Waals surface area contributed by atoms with Gasteiger partial charge >= 0.3 is 5.97 Å². The first-order chi connectivity index (χ1) is 17.2. The number of carbonyl (C=O) groups excluding carboxylic acids is 1. The monoisotopic (exact) mass is 490 g/mol. The number of aromatic nitrogens is 2. The van der Waals surface area contributed by atoms with Gasteiger partial charge in [-0.1, -0.05) is 44.2 Å². The Bertz CT molecular complexity index is 1350. The van der Waals surface area contributed by atoms with Crippen LogP contribution in [0.1, 0.15) is 40.3 Å². The standard InChI is InChI=1S/C19H24N2O3.C8H6N2O2/c1-19(2,12-20)14-6-8-15(9-7-14)21-18(22)13-5-10-16(23-3)17(11-13)24-4;11-8(12)7-5-3-1-2-4-6(5)9-10-7/h5-11H,12,20H2,1-4H3,(H,21,22);1-4H,(H,9,10)(H,11,12). The molecule has 0 unspecified atom stereocenters. The van der Waals surface area contributed by atoms with Crippen molar-refractivity contribution < 1.29 is 24.2 Å². The molecule has 0 fully saturated rings. The third kappa shape index (κ3) is 6.00. The second-order valence-electron chi connectivity index (χ2n) is 8.61. The van der Waals surface area contributed by atoms with Gasteiger partial charge in [0.15, 0.2) is 17.2 Å². The number of carboxylic acid groups (broad SMARTS) is 1. The van der Waals surface area contributed by atoms with E-state index >= 15 is 0 Å². The number of para-hydroxylation sites is 1. The van der Waals surface area contributed by atoms with Crippen LogP contribution in [0.5, 0.6) is 11.5 Å². The van der Waals surface area contributed by atoms with E-state index in [0.717, 1.165) is 16.8 Å². The number of hydrogen-bond donors (Lipinski definition) is 4. The molecule has 188 valence electrons. The number of methoxy groups -OCH3 is 2. The fourth-order valence-electron chi connectivity index (χ4n) is 3.43. The van der Waals surface area contributed by atoms with Crippen molar-refractivity contribution in [2.75, 3.05) is 26.1 Å². The molecular formula is C27H30N4O5. The van der Waals surface area contributed by atoms with Crippen molar-refractivity contribution >= 4 is 28.5 Å². The number of hydrogen-bond acceptors (Lipinski definition) is 6. The van der Waals surface area contributed by atoms with Crippen molar-refractivity contribution in [3.05, 3.63) is 83.6 Å². The number of nitrogens with one attached hydrogen (secondary N) is 2. The zero-order valence-electron chi connectivity index (χ0n) is 20.7. The summed E-state index contributed by atoms with van der Waals surface area (Å²) < 4.78 is 10.4. The first-order valence-corrected chi connectivity index (χ1v) is 11.2. The number of amides is 1. The first-order valence-electron chi connectivity index (χ1n) is 11.2. The summed E-state index contributed by atoms with van der Waals surface area (Å²) in [5.41, 5.74) is 8.88. The fraction of sp³-hybridized carbons (Fsp3) is 0.222. The number of carboxylic acids is 1. The van der Waals surface area contributed by atoms with Gasteiger partial charge in [0.25, 0.3) is 5.91 Å². The molecule has 0 spiro atoms. The molecule has 0 saturated heterocycles. The SMILES string of the molecule is COc1ccc(C(=O)Nc2ccc(C(C)(C)CN)cc2)cc1OC.O=C(O)c1n[nH]c2ccccc12. The highest BCUT2D eigenvalue weighted by Crippen LogP contribution is 2.28. The first kappa shape index (κ1) is 26.2. The van der Waals surface area contributed by atoms with Gasteiger partial charge in [-0.3, -0.25) is 9.89 Å². The van der Waals surface area contributed by atoms with Gasteiger partial charge in [-0.25, -0.2) is 4.79 Å². The van der Waals surface area contributed by atoms with Gasteiger partial charge in [-0.2, -0.15) is 5.10 Å². The minimum absolute atomic E-state index is 0.0746. The third-order valence-electron chi connectivity index (χ3n) is 5.75. The summed E-state index contributed by atoms with van der Waals surface area (Å²) in [6.07, 6.45) is 0. The van der Waals surface area contributed by atoms with E-state index in [1.54, 1.807) is 43.5 Å². The molecular weight excluding hydrogens is 460 g/mol. The van der Waals surface area contributed by atoms with Gasteiger partial charge in [-0.05, 0) is 42.0 Å². The molecule has 5 N–H and O–H groups in total. The lowest BCUT2D eigenvalue weighted by atomic mass is 9.85. The van der Waals surface area contributed by atoms with Crippen molar-refractivity contribution in [2.45, 2.75) is 19.3 Å². The van der Waals surface area contributed by atoms with E-state index in [-0.39, 0.29) is 17.0 Å². The number of nitrogens with zero attached hydrogens (tertiary/aromatic N) is 1. The quantitative estimate of drug-likeness (QED) is 0.300. The van der Waals surface area contributed by atoms with Gasteiger partial charge in [0.1, 0.15) is 0 Å². The molecule has 3 aromatic carbocycles. The molecule has 0 aliphatic heterocycles. The van der Waals surface area contributed by atoms with Crippen LogP contribution in [0.25, 0.3) is 10.9 Å². The number of nitrogens with two attached hydrogens (primary N) is 1. The molecule has 4 aromatic rings. The maximum Gasteiger partial charge on any atom is 0.357 e. The summed E-state index contributed by atoms with van der Waals surface area (Å²) >= 11 is 0. The van der Waals surface area contributed by atoms with Gasteiger partial charge in [0.2, 0.25) is 0 Å². The number of H-pyrrole nitrogens is 1. The van der Waals surface area contributed by atoms with Crippen molar-refractivity contribution in [2.24, 2.45) is 5.73 Å². The molecule has 36 heavy (non-hydrogen) atoms. The average Bonchev–Trinajstić information content (AvgIpc) is 3.33. The number of fused-ring (bicyclic) bond motifs is 1. The van der Waals surface area contributed by atoms with Gasteiger partial charge < -0.3 is 25.6 Å². The number of benzene rings is 3. The van der Waals surface area contributed by atoms with Crippen LogP contribution in [-0.4, -0.2) is 47.9 Å². The average molecular weight is 491 g/mol. The molecule has 1 heterocycles. The number of carbonyl (C=O) groups is 2. The third-order valence-corrected chi connectivity index (χ3v) is 5.75. The molecule has 0 atom stereocenters. The largest absolute Gasteiger partial charge is 0.493 e. The van der Waals surface area contributed by atoms with Crippen LogP contribution in [0.3, 0.4) is 0 Å². The highest BCUT2D eigenvalue weighted by atomic mass is 16.5. The Labute approximate surface area is 209 Å². The summed E-state index contributed by atoms with van der Waals surface area (Å²) in [5.74, 6) is -0.109. The van der Waals surface area contributed by atoms with Crippen LogP contribution < -0.4 is 20.5 Å². The Morgan fingerprint density at radius 3 is 2.28 bits per heavy atom. The molecule has 0 radical (unpaired) electrons. The van der Waals surface area contributed by atoms with Crippen LogP contribution in [0.2, 0.25) is 0 Å². The summed E-state index contributed by atoms with van der Waals surface area (Å²) in [6.45, 7) is 4.73. The maximum atomic E-state index is 12.4. The van der Waals surface area contributed by atoms with Crippen LogP contribution in [-0.2, 0) is 5.41 Å². The van der Waals surface area contributed by atoms with Gasteiger partial charge in [0.05, 0.1) is 19.7 Å². The zero-order chi connectivity index (χ0) is 26.3. The Morgan fingerprint density at radius 2 is 1.67 bits per heavy atom. The highest BCUT2D eigenvalue weighted by Gasteiger charge is 2.18. The fourth-order valence-corrected chi connectivity index (χ4v) is 3.43. The van der Waals surface area contributed by atoms with E-state index in [4.69, 9.17) is 20.3 Å². The summed E-state index contributed by atoms with van der Waals surface area (Å²) in [5, 5.41) is 18.5. The van der Waals surface area contributed by atoms with Crippen molar-refractivity contribution in [1.82, 2.24) is 10.2 Å². The van der Waals surface area contributed by atoms with E-state index in [1.165, 1.54) is 7.11 Å². The smallest absolute Gasteiger partial charge is 0.357 e. The second kappa shape index (κ2) is 11.4. The second-order valence-corrected chi connectivity index (χ2v) is 8.61.